The monoisotopic (exact) mass is 217 g/mol. The molecule has 0 aliphatic carbocycles. The fraction of sp³-hybridized carbons (Fsp3) is 0.455. The fourth-order valence-electron chi connectivity index (χ4n) is 1.37. The molecule has 4 heteroatoms. The summed E-state index contributed by atoms with van der Waals surface area (Å²) in [5, 5.41) is 0. The van der Waals surface area contributed by atoms with Gasteiger partial charge in [0.1, 0.15) is 6.04 Å². The van der Waals surface area contributed by atoms with Gasteiger partial charge in [0.05, 0.1) is 0 Å². The van der Waals surface area contributed by atoms with Crippen molar-refractivity contribution < 1.29 is 13.2 Å². The lowest BCUT2D eigenvalue weighted by Crippen LogP contribution is -2.28. The Morgan fingerprint density at radius 2 is 1.73 bits per heavy atom. The molecular formula is C11H14F3N. The van der Waals surface area contributed by atoms with E-state index in [2.05, 4.69) is 0 Å². The van der Waals surface area contributed by atoms with Crippen LogP contribution in [0.25, 0.3) is 0 Å². The van der Waals surface area contributed by atoms with E-state index >= 15 is 0 Å². The molecule has 15 heavy (non-hydrogen) atoms. The molecule has 1 aromatic carbocycles. The van der Waals surface area contributed by atoms with Crippen molar-refractivity contribution in [2.45, 2.75) is 32.0 Å². The first-order valence-electron chi connectivity index (χ1n) is 4.86. The minimum absolute atomic E-state index is 0.113. The molecule has 0 aromatic heterocycles. The van der Waals surface area contributed by atoms with E-state index in [1.165, 1.54) is 12.1 Å². The lowest BCUT2D eigenvalue weighted by Gasteiger charge is -2.15. The lowest BCUT2D eigenvalue weighted by atomic mass is 10.0. The fourth-order valence-corrected chi connectivity index (χ4v) is 1.37. The quantitative estimate of drug-likeness (QED) is 0.826. The molecule has 1 nitrogen and oxygen atoms in total. The maximum atomic E-state index is 12.3. The molecular weight excluding hydrogens is 203 g/mol. The highest BCUT2D eigenvalue weighted by Crippen LogP contribution is 2.30. The largest absolute Gasteiger partial charge is 0.407 e. The summed E-state index contributed by atoms with van der Waals surface area (Å²) in [6.07, 6.45) is -2.52. The zero-order chi connectivity index (χ0) is 11.5. The Morgan fingerprint density at radius 3 is 2.13 bits per heavy atom. The molecule has 0 heterocycles. The van der Waals surface area contributed by atoms with Crippen LogP contribution in [-0.2, 0) is 6.42 Å². The van der Waals surface area contributed by atoms with Crippen LogP contribution in [0.2, 0.25) is 0 Å². The van der Waals surface area contributed by atoms with Crippen LogP contribution in [-0.4, -0.2) is 6.18 Å². The minimum Gasteiger partial charge on any atom is -0.316 e. The number of benzene rings is 1. The van der Waals surface area contributed by atoms with Crippen molar-refractivity contribution in [2.75, 3.05) is 0 Å². The molecule has 1 aromatic rings. The van der Waals surface area contributed by atoms with Crippen molar-refractivity contribution in [2.24, 2.45) is 5.73 Å². The van der Waals surface area contributed by atoms with Crippen LogP contribution in [0.5, 0.6) is 0 Å². The van der Waals surface area contributed by atoms with Gasteiger partial charge in [-0.1, -0.05) is 37.6 Å². The van der Waals surface area contributed by atoms with Crippen LogP contribution in [0.3, 0.4) is 0 Å². The van der Waals surface area contributed by atoms with Crippen molar-refractivity contribution in [3.63, 3.8) is 0 Å². The Morgan fingerprint density at radius 1 is 1.20 bits per heavy atom. The number of aryl methyl sites for hydroxylation is 1. The summed E-state index contributed by atoms with van der Waals surface area (Å²) in [4.78, 5) is 0. The molecule has 0 bridgehead atoms. The maximum absolute atomic E-state index is 12.3. The van der Waals surface area contributed by atoms with E-state index in [1.807, 2.05) is 6.92 Å². The third-order valence-electron chi connectivity index (χ3n) is 2.23. The molecule has 0 saturated heterocycles. The Bertz CT molecular complexity index is 303. The summed E-state index contributed by atoms with van der Waals surface area (Å²) >= 11 is 0. The number of hydrogen-bond acceptors (Lipinski definition) is 1. The second-order valence-corrected chi connectivity index (χ2v) is 3.51. The second-order valence-electron chi connectivity index (χ2n) is 3.51. The molecule has 1 rings (SSSR count). The molecule has 0 aliphatic rings. The van der Waals surface area contributed by atoms with Crippen molar-refractivity contribution in [3.8, 4) is 0 Å². The summed E-state index contributed by atoms with van der Waals surface area (Å²) in [6, 6.07) is 4.41. The van der Waals surface area contributed by atoms with Crippen LogP contribution >= 0.6 is 0 Å². The summed E-state index contributed by atoms with van der Waals surface area (Å²) in [7, 11) is 0. The van der Waals surface area contributed by atoms with E-state index < -0.39 is 12.2 Å². The predicted molar refractivity (Wildman–Crippen MR) is 53.4 cm³/mol. The molecule has 84 valence electrons. The molecule has 0 amide bonds. The predicted octanol–water partition coefficient (Wildman–Crippen LogP) is 3.20. The van der Waals surface area contributed by atoms with Gasteiger partial charge in [-0.3, -0.25) is 0 Å². The highest BCUT2D eigenvalue weighted by Gasteiger charge is 2.37. The molecule has 2 N–H and O–H groups in total. The number of hydrogen-bond donors (Lipinski definition) is 1. The third-order valence-corrected chi connectivity index (χ3v) is 2.23. The Labute approximate surface area is 87.1 Å². The van der Waals surface area contributed by atoms with Gasteiger partial charge in [0.2, 0.25) is 0 Å². The first kappa shape index (κ1) is 12.0. The molecule has 0 fully saturated rings. The summed E-state index contributed by atoms with van der Waals surface area (Å²) < 4.78 is 36.8. The number of rotatable bonds is 3. The van der Waals surface area contributed by atoms with Gasteiger partial charge in [-0.25, -0.2) is 0 Å². The minimum atomic E-state index is -4.37. The van der Waals surface area contributed by atoms with Crippen LogP contribution in [0, 0.1) is 0 Å². The SMILES string of the molecule is CCCc1ccc([C@@H](N)C(F)(F)F)cc1. The molecule has 0 spiro atoms. The molecule has 0 radical (unpaired) electrons. The number of halogens is 3. The van der Waals surface area contributed by atoms with E-state index in [9.17, 15) is 13.2 Å². The first-order chi connectivity index (χ1) is 6.95. The second kappa shape index (κ2) is 4.66. The lowest BCUT2D eigenvalue weighted by molar-refractivity contribution is -0.149. The van der Waals surface area contributed by atoms with Crippen molar-refractivity contribution in [1.82, 2.24) is 0 Å². The highest BCUT2D eigenvalue weighted by atomic mass is 19.4. The van der Waals surface area contributed by atoms with Gasteiger partial charge in [0.25, 0.3) is 0 Å². The third kappa shape index (κ3) is 3.23. The standard InChI is InChI=1S/C11H14F3N/c1-2-3-8-4-6-9(7-5-8)10(15)11(12,13)14/h4-7,10H,2-3,15H2,1H3/t10-/m1/s1. The number of alkyl halides is 3. The Hall–Kier alpha value is -1.03. The van der Waals surface area contributed by atoms with Crippen LogP contribution in [0.15, 0.2) is 24.3 Å². The normalized spacial score (nSPS) is 13.9. The van der Waals surface area contributed by atoms with Crippen molar-refractivity contribution in [1.29, 1.82) is 0 Å². The van der Waals surface area contributed by atoms with Gasteiger partial charge in [-0.15, -0.1) is 0 Å². The maximum Gasteiger partial charge on any atom is 0.407 e. The van der Waals surface area contributed by atoms with E-state index in [0.717, 1.165) is 18.4 Å². The Balaban J connectivity index is 2.80. The van der Waals surface area contributed by atoms with Gasteiger partial charge < -0.3 is 5.73 Å². The van der Waals surface area contributed by atoms with Gasteiger partial charge in [-0.05, 0) is 17.5 Å². The molecule has 0 aliphatic heterocycles. The zero-order valence-electron chi connectivity index (χ0n) is 8.51. The van der Waals surface area contributed by atoms with E-state index in [4.69, 9.17) is 5.73 Å². The molecule has 0 saturated carbocycles. The summed E-state index contributed by atoms with van der Waals surface area (Å²) in [5.74, 6) is 0. The van der Waals surface area contributed by atoms with E-state index in [0.29, 0.717) is 0 Å². The van der Waals surface area contributed by atoms with Gasteiger partial charge >= 0.3 is 6.18 Å². The van der Waals surface area contributed by atoms with Gasteiger partial charge in [0.15, 0.2) is 0 Å². The highest BCUT2D eigenvalue weighted by molar-refractivity contribution is 5.25. The zero-order valence-corrected chi connectivity index (χ0v) is 8.51. The average molecular weight is 217 g/mol. The van der Waals surface area contributed by atoms with Gasteiger partial charge in [0, 0.05) is 0 Å². The summed E-state index contributed by atoms with van der Waals surface area (Å²) in [6.45, 7) is 2.02. The van der Waals surface area contributed by atoms with Crippen molar-refractivity contribution in [3.05, 3.63) is 35.4 Å². The van der Waals surface area contributed by atoms with E-state index in [-0.39, 0.29) is 5.56 Å². The summed E-state index contributed by atoms with van der Waals surface area (Å²) in [5.41, 5.74) is 6.22. The topological polar surface area (TPSA) is 26.0 Å². The van der Waals surface area contributed by atoms with Crippen LogP contribution in [0.4, 0.5) is 13.2 Å². The van der Waals surface area contributed by atoms with Crippen molar-refractivity contribution >= 4 is 0 Å². The smallest absolute Gasteiger partial charge is 0.316 e. The Kier molecular flexibility index (Phi) is 3.74. The van der Waals surface area contributed by atoms with Crippen LogP contribution < -0.4 is 5.73 Å². The first-order valence-corrected chi connectivity index (χ1v) is 4.86. The molecule has 0 unspecified atom stereocenters. The van der Waals surface area contributed by atoms with E-state index in [1.54, 1.807) is 12.1 Å². The van der Waals surface area contributed by atoms with Crippen LogP contribution in [0.1, 0.15) is 30.5 Å². The number of nitrogens with two attached hydrogens (primary N) is 1. The molecule has 1 atom stereocenters. The average Bonchev–Trinajstić information content (AvgIpc) is 2.17. The van der Waals surface area contributed by atoms with Gasteiger partial charge in [-0.2, -0.15) is 13.2 Å².